The van der Waals surface area contributed by atoms with E-state index in [1.54, 1.807) is 24.3 Å². The molecule has 2 rings (SSSR count). The first-order valence-electron chi connectivity index (χ1n) is 6.35. The maximum Gasteiger partial charge on any atom is 0.228 e. The summed E-state index contributed by atoms with van der Waals surface area (Å²) in [5.41, 5.74) is 2.29. The molecule has 2 aromatic carbocycles. The molecule has 2 N–H and O–H groups in total. The van der Waals surface area contributed by atoms with Crippen LogP contribution in [0.25, 0.3) is 0 Å². The van der Waals surface area contributed by atoms with Crippen LogP contribution in [0.5, 0.6) is 0 Å². The van der Waals surface area contributed by atoms with Gasteiger partial charge >= 0.3 is 0 Å². The van der Waals surface area contributed by atoms with Crippen molar-refractivity contribution in [3.8, 4) is 0 Å². The van der Waals surface area contributed by atoms with Crippen LogP contribution in [0.1, 0.15) is 12.5 Å². The van der Waals surface area contributed by atoms with Gasteiger partial charge in [0.05, 0.1) is 6.42 Å². The standard InChI is InChI=1S/C16H16N2O2/c1-12(19)17-14-8-5-9-15(11-14)18-16(20)10-13-6-3-2-4-7-13/h2-9,11H,10H2,1H3,(H,17,19)(H,18,20). The van der Waals surface area contributed by atoms with Crippen molar-refractivity contribution < 1.29 is 9.59 Å². The Labute approximate surface area is 117 Å². The number of nitrogens with one attached hydrogen (secondary N) is 2. The number of carbonyl (C=O) groups is 2. The molecule has 0 aliphatic rings. The van der Waals surface area contributed by atoms with Gasteiger partial charge in [-0.15, -0.1) is 0 Å². The van der Waals surface area contributed by atoms with Crippen LogP contribution in [0, 0.1) is 0 Å². The van der Waals surface area contributed by atoms with Crippen molar-refractivity contribution in [1.82, 2.24) is 0 Å². The highest BCUT2D eigenvalue weighted by Crippen LogP contribution is 2.15. The highest BCUT2D eigenvalue weighted by molar-refractivity contribution is 5.94. The first-order valence-corrected chi connectivity index (χ1v) is 6.35. The van der Waals surface area contributed by atoms with E-state index in [2.05, 4.69) is 10.6 Å². The minimum Gasteiger partial charge on any atom is -0.326 e. The van der Waals surface area contributed by atoms with Crippen molar-refractivity contribution in [1.29, 1.82) is 0 Å². The van der Waals surface area contributed by atoms with Crippen molar-refractivity contribution in [2.24, 2.45) is 0 Å². The molecule has 20 heavy (non-hydrogen) atoms. The molecule has 0 aliphatic carbocycles. The molecule has 2 aromatic rings. The monoisotopic (exact) mass is 268 g/mol. The molecule has 102 valence electrons. The van der Waals surface area contributed by atoms with Crippen molar-refractivity contribution >= 4 is 23.2 Å². The van der Waals surface area contributed by atoms with Crippen molar-refractivity contribution in [3.05, 3.63) is 60.2 Å². The van der Waals surface area contributed by atoms with Crippen molar-refractivity contribution in [2.45, 2.75) is 13.3 Å². The maximum atomic E-state index is 11.9. The van der Waals surface area contributed by atoms with E-state index in [1.807, 2.05) is 30.3 Å². The molecule has 0 aliphatic heterocycles. The average molecular weight is 268 g/mol. The van der Waals surface area contributed by atoms with Crippen molar-refractivity contribution in [2.75, 3.05) is 10.6 Å². The van der Waals surface area contributed by atoms with E-state index >= 15 is 0 Å². The Morgan fingerprint density at radius 3 is 2.20 bits per heavy atom. The maximum absolute atomic E-state index is 11.9. The Morgan fingerprint density at radius 1 is 0.900 bits per heavy atom. The van der Waals surface area contributed by atoms with E-state index in [1.165, 1.54) is 6.92 Å². The third kappa shape index (κ3) is 4.24. The lowest BCUT2D eigenvalue weighted by Crippen LogP contribution is -2.14. The van der Waals surface area contributed by atoms with Gasteiger partial charge < -0.3 is 10.6 Å². The molecule has 0 heterocycles. The zero-order valence-corrected chi connectivity index (χ0v) is 11.2. The zero-order chi connectivity index (χ0) is 14.4. The van der Waals surface area contributed by atoms with Crippen LogP contribution in [-0.4, -0.2) is 11.8 Å². The summed E-state index contributed by atoms with van der Waals surface area (Å²) in [6, 6.07) is 16.6. The Morgan fingerprint density at radius 2 is 1.55 bits per heavy atom. The van der Waals surface area contributed by atoms with Gasteiger partial charge in [0.1, 0.15) is 0 Å². The van der Waals surface area contributed by atoms with E-state index in [9.17, 15) is 9.59 Å². The second kappa shape index (κ2) is 6.52. The second-order valence-electron chi connectivity index (χ2n) is 4.47. The minimum absolute atomic E-state index is 0.0869. The summed E-state index contributed by atoms with van der Waals surface area (Å²) in [4.78, 5) is 22.9. The number of hydrogen-bond acceptors (Lipinski definition) is 2. The number of anilines is 2. The molecule has 0 aromatic heterocycles. The van der Waals surface area contributed by atoms with E-state index < -0.39 is 0 Å². The smallest absolute Gasteiger partial charge is 0.228 e. The van der Waals surface area contributed by atoms with Crippen LogP contribution in [0.4, 0.5) is 11.4 Å². The largest absolute Gasteiger partial charge is 0.326 e. The summed E-state index contributed by atoms with van der Waals surface area (Å²) in [6.45, 7) is 1.45. The highest BCUT2D eigenvalue weighted by Gasteiger charge is 2.04. The summed E-state index contributed by atoms with van der Waals surface area (Å²) >= 11 is 0. The van der Waals surface area contributed by atoms with Gasteiger partial charge in [0.2, 0.25) is 11.8 Å². The summed E-state index contributed by atoms with van der Waals surface area (Å²) in [6.07, 6.45) is 0.325. The molecular formula is C16H16N2O2. The summed E-state index contributed by atoms with van der Waals surface area (Å²) in [5.74, 6) is -0.228. The number of carbonyl (C=O) groups excluding carboxylic acids is 2. The first-order chi connectivity index (χ1) is 9.63. The quantitative estimate of drug-likeness (QED) is 0.895. The highest BCUT2D eigenvalue weighted by atomic mass is 16.2. The van der Waals surface area contributed by atoms with Crippen molar-refractivity contribution in [3.63, 3.8) is 0 Å². The normalized spacial score (nSPS) is 9.85. The Bertz CT molecular complexity index is 609. The molecular weight excluding hydrogens is 252 g/mol. The van der Waals surface area contributed by atoms with Gasteiger partial charge in [-0.25, -0.2) is 0 Å². The molecule has 0 saturated carbocycles. The Kier molecular flexibility index (Phi) is 4.50. The van der Waals surface area contributed by atoms with Gasteiger partial charge in [-0.2, -0.15) is 0 Å². The fraction of sp³-hybridized carbons (Fsp3) is 0.125. The number of benzene rings is 2. The fourth-order valence-corrected chi connectivity index (χ4v) is 1.86. The molecule has 0 spiro atoms. The van der Waals surface area contributed by atoms with E-state index in [4.69, 9.17) is 0 Å². The summed E-state index contributed by atoms with van der Waals surface area (Å²) < 4.78 is 0. The number of amides is 2. The summed E-state index contributed by atoms with van der Waals surface area (Å²) in [7, 11) is 0. The fourth-order valence-electron chi connectivity index (χ4n) is 1.86. The molecule has 0 bridgehead atoms. The van der Waals surface area contributed by atoms with E-state index in [0.29, 0.717) is 17.8 Å². The molecule has 0 saturated heterocycles. The van der Waals surface area contributed by atoms with Gasteiger partial charge in [0.15, 0.2) is 0 Å². The number of rotatable bonds is 4. The molecule has 4 heteroatoms. The molecule has 0 radical (unpaired) electrons. The summed E-state index contributed by atoms with van der Waals surface area (Å²) in [5, 5.41) is 5.49. The minimum atomic E-state index is -0.141. The first kappa shape index (κ1) is 13.8. The van der Waals surface area contributed by atoms with Crippen LogP contribution >= 0.6 is 0 Å². The lowest BCUT2D eigenvalue weighted by Gasteiger charge is -2.08. The molecule has 0 atom stereocenters. The van der Waals surface area contributed by atoms with E-state index in [-0.39, 0.29) is 11.8 Å². The molecule has 2 amide bonds. The predicted octanol–water partition coefficient (Wildman–Crippen LogP) is 2.83. The molecule has 0 unspecified atom stereocenters. The lowest BCUT2D eigenvalue weighted by atomic mass is 10.1. The van der Waals surface area contributed by atoms with Gasteiger partial charge in [-0.05, 0) is 23.8 Å². The average Bonchev–Trinajstić information content (AvgIpc) is 2.39. The second-order valence-corrected chi connectivity index (χ2v) is 4.47. The third-order valence-electron chi connectivity index (χ3n) is 2.67. The van der Waals surface area contributed by atoms with Gasteiger partial charge in [0.25, 0.3) is 0 Å². The van der Waals surface area contributed by atoms with Gasteiger partial charge in [-0.3, -0.25) is 9.59 Å². The van der Waals surface area contributed by atoms with Crippen LogP contribution in [0.3, 0.4) is 0 Å². The zero-order valence-electron chi connectivity index (χ0n) is 11.2. The molecule has 0 fully saturated rings. The third-order valence-corrected chi connectivity index (χ3v) is 2.67. The van der Waals surface area contributed by atoms with Gasteiger partial charge in [0, 0.05) is 18.3 Å². The topological polar surface area (TPSA) is 58.2 Å². The van der Waals surface area contributed by atoms with Crippen LogP contribution in [-0.2, 0) is 16.0 Å². The van der Waals surface area contributed by atoms with Crippen LogP contribution in [0.15, 0.2) is 54.6 Å². The van der Waals surface area contributed by atoms with Gasteiger partial charge in [-0.1, -0.05) is 36.4 Å². The van der Waals surface area contributed by atoms with E-state index in [0.717, 1.165) is 5.56 Å². The SMILES string of the molecule is CC(=O)Nc1cccc(NC(=O)Cc2ccccc2)c1. The Balaban J connectivity index is 1.99. The molecule has 4 nitrogen and oxygen atoms in total. The number of hydrogen-bond donors (Lipinski definition) is 2. The van der Waals surface area contributed by atoms with Crippen LogP contribution < -0.4 is 10.6 Å². The van der Waals surface area contributed by atoms with Crippen LogP contribution in [0.2, 0.25) is 0 Å². The predicted molar refractivity (Wildman–Crippen MR) is 79.5 cm³/mol. The lowest BCUT2D eigenvalue weighted by molar-refractivity contribution is -0.115. The Hall–Kier alpha value is -2.62.